The van der Waals surface area contributed by atoms with E-state index in [-0.39, 0.29) is 19.1 Å². The van der Waals surface area contributed by atoms with Crippen LogP contribution in [0.5, 0.6) is 0 Å². The van der Waals surface area contributed by atoms with Gasteiger partial charge >= 0.3 is 6.09 Å². The predicted molar refractivity (Wildman–Crippen MR) is 163 cm³/mol. The Morgan fingerprint density at radius 3 is 2.12 bits per heavy atom. The van der Waals surface area contributed by atoms with Crippen LogP contribution in [-0.4, -0.2) is 49.7 Å². The second-order valence-electron chi connectivity index (χ2n) is 11.1. The van der Waals surface area contributed by atoms with Gasteiger partial charge in [-0.15, -0.1) is 0 Å². The van der Waals surface area contributed by atoms with Gasteiger partial charge in [0.15, 0.2) is 0 Å². The average Bonchev–Trinajstić information content (AvgIpc) is 3.02. The van der Waals surface area contributed by atoms with Crippen LogP contribution < -0.4 is 21.7 Å². The highest BCUT2D eigenvalue weighted by atomic mass is 16.5. The molecule has 0 spiro atoms. The summed E-state index contributed by atoms with van der Waals surface area (Å²) in [5.41, 5.74) is 7.99. The molecule has 1 aliphatic carbocycles. The van der Waals surface area contributed by atoms with Crippen LogP contribution in [0.25, 0.3) is 0 Å². The maximum atomic E-state index is 13.1. The van der Waals surface area contributed by atoms with E-state index in [1.807, 2.05) is 60.7 Å². The molecule has 42 heavy (non-hydrogen) atoms. The van der Waals surface area contributed by atoms with Gasteiger partial charge in [0.2, 0.25) is 11.8 Å². The monoisotopic (exact) mass is 580 g/mol. The lowest BCUT2D eigenvalue weighted by atomic mass is 9.86. The van der Waals surface area contributed by atoms with E-state index in [1.165, 1.54) is 32.1 Å². The molecule has 1 fully saturated rings. The molecule has 9 heteroatoms. The minimum atomic E-state index is -0.892. The van der Waals surface area contributed by atoms with Crippen molar-refractivity contribution in [2.45, 2.75) is 89.5 Å². The first-order valence-electron chi connectivity index (χ1n) is 15.4. The SMILES string of the molecule is N[C@@H](COCc1ccccc1)C(=O)N[C@@H](CCCCNC(=O)OCc1ccccc1)C(=O)NCCCC1CCCCC1. The lowest BCUT2D eigenvalue weighted by molar-refractivity contribution is -0.130. The molecule has 1 saturated carbocycles. The molecule has 0 aromatic heterocycles. The molecule has 1 aliphatic rings. The van der Waals surface area contributed by atoms with Crippen molar-refractivity contribution in [3.05, 3.63) is 71.8 Å². The van der Waals surface area contributed by atoms with E-state index < -0.39 is 24.1 Å². The number of amides is 3. The van der Waals surface area contributed by atoms with E-state index in [2.05, 4.69) is 16.0 Å². The van der Waals surface area contributed by atoms with Gasteiger partial charge in [0.05, 0.1) is 13.2 Å². The zero-order chi connectivity index (χ0) is 29.8. The summed E-state index contributed by atoms with van der Waals surface area (Å²) >= 11 is 0. The number of nitrogens with two attached hydrogens (primary N) is 1. The highest BCUT2D eigenvalue weighted by Crippen LogP contribution is 2.27. The molecule has 0 radical (unpaired) electrons. The van der Waals surface area contributed by atoms with Crippen LogP contribution in [0.4, 0.5) is 4.79 Å². The molecule has 2 aromatic carbocycles. The zero-order valence-corrected chi connectivity index (χ0v) is 24.7. The van der Waals surface area contributed by atoms with Gasteiger partial charge < -0.3 is 31.2 Å². The van der Waals surface area contributed by atoms with Crippen LogP contribution in [0.1, 0.15) is 75.3 Å². The Labute approximate surface area is 250 Å². The number of ether oxygens (including phenoxy) is 2. The Bertz CT molecular complexity index is 1050. The Morgan fingerprint density at radius 2 is 1.43 bits per heavy atom. The average molecular weight is 581 g/mol. The summed E-state index contributed by atoms with van der Waals surface area (Å²) in [6, 6.07) is 17.5. The van der Waals surface area contributed by atoms with Crippen molar-refractivity contribution in [2.24, 2.45) is 11.7 Å². The van der Waals surface area contributed by atoms with Crippen molar-refractivity contribution in [1.82, 2.24) is 16.0 Å². The van der Waals surface area contributed by atoms with Gasteiger partial charge in [-0.2, -0.15) is 0 Å². The summed E-state index contributed by atoms with van der Waals surface area (Å²) < 4.78 is 10.9. The molecule has 0 saturated heterocycles. The number of hydrogen-bond acceptors (Lipinski definition) is 6. The molecule has 230 valence electrons. The van der Waals surface area contributed by atoms with E-state index in [4.69, 9.17) is 15.2 Å². The number of carbonyl (C=O) groups is 3. The third-order valence-corrected chi connectivity index (χ3v) is 7.59. The molecule has 0 bridgehead atoms. The lowest BCUT2D eigenvalue weighted by Crippen LogP contribution is -2.52. The maximum Gasteiger partial charge on any atom is 0.407 e. The van der Waals surface area contributed by atoms with E-state index >= 15 is 0 Å². The number of rotatable bonds is 18. The zero-order valence-electron chi connectivity index (χ0n) is 24.7. The Morgan fingerprint density at radius 1 is 0.786 bits per heavy atom. The normalized spacial score (nSPS) is 14.9. The van der Waals surface area contributed by atoms with E-state index in [0.29, 0.717) is 39.0 Å². The van der Waals surface area contributed by atoms with Gasteiger partial charge in [-0.25, -0.2) is 4.79 Å². The predicted octanol–water partition coefficient (Wildman–Crippen LogP) is 4.59. The number of hydrogen-bond donors (Lipinski definition) is 4. The van der Waals surface area contributed by atoms with Crippen LogP contribution in [-0.2, 0) is 32.3 Å². The van der Waals surface area contributed by atoms with Gasteiger partial charge in [-0.1, -0.05) is 92.8 Å². The molecule has 0 unspecified atom stereocenters. The van der Waals surface area contributed by atoms with Crippen molar-refractivity contribution in [3.8, 4) is 0 Å². The summed E-state index contributed by atoms with van der Waals surface area (Å²) in [5, 5.41) is 8.57. The highest BCUT2D eigenvalue weighted by Gasteiger charge is 2.24. The Balaban J connectivity index is 1.39. The first-order valence-corrected chi connectivity index (χ1v) is 15.4. The summed E-state index contributed by atoms with van der Waals surface area (Å²) in [5.74, 6) is 0.125. The highest BCUT2D eigenvalue weighted by molar-refractivity contribution is 5.89. The first-order chi connectivity index (χ1) is 20.5. The fourth-order valence-corrected chi connectivity index (χ4v) is 5.14. The first kappa shape index (κ1) is 33.1. The number of unbranched alkanes of at least 4 members (excludes halogenated alkanes) is 1. The van der Waals surface area contributed by atoms with Crippen molar-refractivity contribution in [1.29, 1.82) is 0 Å². The summed E-state index contributed by atoms with van der Waals surface area (Å²) in [6.07, 6.45) is 9.76. The molecule has 0 heterocycles. The molecular weight excluding hydrogens is 532 g/mol. The number of carbonyl (C=O) groups excluding carboxylic acids is 3. The standard InChI is InChI=1S/C33H48N4O5/c34-29(25-41-23-27-15-6-2-7-16-27)31(38)37-30(32(39)35-22-12-19-26-13-4-1-5-14-26)20-10-11-21-36-33(40)42-24-28-17-8-3-9-18-28/h2-3,6-9,15-18,26,29-30H,1,4-5,10-14,19-25,34H2,(H,35,39)(H,36,40)(H,37,38)/t29-,30-/m0/s1. The molecule has 2 aromatic rings. The summed E-state index contributed by atoms with van der Waals surface area (Å²) in [4.78, 5) is 37.9. The summed E-state index contributed by atoms with van der Waals surface area (Å²) in [6.45, 7) is 1.60. The van der Waals surface area contributed by atoms with Crippen LogP contribution >= 0.6 is 0 Å². The van der Waals surface area contributed by atoms with Gasteiger partial charge in [0, 0.05) is 13.1 Å². The fraction of sp³-hybridized carbons (Fsp3) is 0.545. The van der Waals surface area contributed by atoms with Gasteiger partial charge in [0.25, 0.3) is 0 Å². The maximum absolute atomic E-state index is 13.1. The van der Waals surface area contributed by atoms with Crippen LogP contribution in [0, 0.1) is 5.92 Å². The molecule has 2 atom stereocenters. The van der Waals surface area contributed by atoms with E-state index in [0.717, 1.165) is 29.9 Å². The Hall–Kier alpha value is -3.43. The quantitative estimate of drug-likeness (QED) is 0.191. The topological polar surface area (TPSA) is 132 Å². The molecule has 0 aliphatic heterocycles. The number of benzene rings is 2. The van der Waals surface area contributed by atoms with Gasteiger partial charge in [-0.05, 0) is 49.1 Å². The number of nitrogens with one attached hydrogen (secondary N) is 3. The van der Waals surface area contributed by atoms with Gasteiger partial charge in [0.1, 0.15) is 18.7 Å². The third kappa shape index (κ3) is 13.5. The molecule has 5 N–H and O–H groups in total. The van der Waals surface area contributed by atoms with Crippen LogP contribution in [0.3, 0.4) is 0 Å². The largest absolute Gasteiger partial charge is 0.445 e. The summed E-state index contributed by atoms with van der Waals surface area (Å²) in [7, 11) is 0. The molecule has 3 amide bonds. The second-order valence-corrected chi connectivity index (χ2v) is 11.1. The minimum absolute atomic E-state index is 0.0471. The van der Waals surface area contributed by atoms with E-state index in [1.54, 1.807) is 0 Å². The van der Waals surface area contributed by atoms with Crippen LogP contribution in [0.15, 0.2) is 60.7 Å². The second kappa shape index (κ2) is 19.6. The van der Waals surface area contributed by atoms with Gasteiger partial charge in [-0.3, -0.25) is 9.59 Å². The van der Waals surface area contributed by atoms with Crippen molar-refractivity contribution < 1.29 is 23.9 Å². The Kier molecular flexibility index (Phi) is 15.5. The van der Waals surface area contributed by atoms with Crippen molar-refractivity contribution >= 4 is 17.9 Å². The van der Waals surface area contributed by atoms with Crippen molar-refractivity contribution in [3.63, 3.8) is 0 Å². The number of alkyl carbamates (subject to hydrolysis) is 1. The van der Waals surface area contributed by atoms with E-state index in [9.17, 15) is 14.4 Å². The third-order valence-electron chi connectivity index (χ3n) is 7.59. The van der Waals surface area contributed by atoms with Crippen LogP contribution in [0.2, 0.25) is 0 Å². The molecule has 9 nitrogen and oxygen atoms in total. The fourth-order valence-electron chi connectivity index (χ4n) is 5.14. The smallest absolute Gasteiger partial charge is 0.407 e. The molecular formula is C33H48N4O5. The molecule has 3 rings (SSSR count). The minimum Gasteiger partial charge on any atom is -0.445 e. The van der Waals surface area contributed by atoms with Crippen molar-refractivity contribution in [2.75, 3.05) is 19.7 Å². The lowest BCUT2D eigenvalue weighted by Gasteiger charge is -2.22.